The summed E-state index contributed by atoms with van der Waals surface area (Å²) in [6, 6.07) is 12.1. The number of hydrogen-bond donors (Lipinski definition) is 1. The number of para-hydroxylation sites is 1. The molecule has 1 N–H and O–H groups in total. The van der Waals surface area contributed by atoms with Gasteiger partial charge in [-0.25, -0.2) is 4.98 Å². The van der Waals surface area contributed by atoms with Gasteiger partial charge in [-0.05, 0) is 36.2 Å². The number of benzene rings is 1. The van der Waals surface area contributed by atoms with Crippen molar-refractivity contribution in [3.63, 3.8) is 0 Å². The van der Waals surface area contributed by atoms with E-state index in [1.54, 1.807) is 0 Å². The fourth-order valence-corrected chi connectivity index (χ4v) is 2.41. The quantitative estimate of drug-likeness (QED) is 0.865. The van der Waals surface area contributed by atoms with Crippen LogP contribution < -0.4 is 10.2 Å². The Kier molecular flexibility index (Phi) is 5.59. The zero-order valence-electron chi connectivity index (χ0n) is 12.8. The molecule has 2 aromatic rings. The van der Waals surface area contributed by atoms with E-state index in [0.29, 0.717) is 10.9 Å². The fourth-order valence-electron chi connectivity index (χ4n) is 2.09. The summed E-state index contributed by atoms with van der Waals surface area (Å²) in [6.45, 7) is 6.16. The van der Waals surface area contributed by atoms with Gasteiger partial charge in [-0.15, -0.1) is 0 Å². The smallest absolute Gasteiger partial charge is 0.151 e. The normalized spacial score (nSPS) is 10.9. The highest BCUT2D eigenvalue weighted by atomic mass is 35.5. The van der Waals surface area contributed by atoms with Crippen LogP contribution in [-0.2, 0) is 6.54 Å². The topological polar surface area (TPSA) is 28.2 Å². The van der Waals surface area contributed by atoms with E-state index < -0.39 is 0 Å². The molecule has 0 atom stereocenters. The molecule has 0 saturated carbocycles. The van der Waals surface area contributed by atoms with Crippen LogP contribution in [0.5, 0.6) is 0 Å². The maximum Gasteiger partial charge on any atom is 0.151 e. The molecule has 112 valence electrons. The zero-order chi connectivity index (χ0) is 15.2. The number of nitrogens with one attached hydrogen (secondary N) is 1. The molecule has 0 fully saturated rings. The average Bonchev–Trinajstić information content (AvgIpc) is 2.47. The number of aromatic nitrogens is 1. The molecule has 0 spiro atoms. The summed E-state index contributed by atoms with van der Waals surface area (Å²) in [7, 11) is 1.97. The Bertz CT molecular complexity index is 570. The van der Waals surface area contributed by atoms with Crippen LogP contribution in [0.3, 0.4) is 0 Å². The third-order valence-corrected chi connectivity index (χ3v) is 3.50. The van der Waals surface area contributed by atoms with Crippen LogP contribution in [-0.4, -0.2) is 18.6 Å². The van der Waals surface area contributed by atoms with E-state index >= 15 is 0 Å². The molecule has 1 aromatic heterocycles. The van der Waals surface area contributed by atoms with Gasteiger partial charge in [0.1, 0.15) is 0 Å². The molecule has 3 nitrogen and oxygen atoms in total. The lowest BCUT2D eigenvalue weighted by atomic mass is 10.2. The van der Waals surface area contributed by atoms with Crippen LogP contribution >= 0.6 is 11.6 Å². The number of halogens is 1. The predicted octanol–water partition coefficient (Wildman–Crippen LogP) is 4.25. The van der Waals surface area contributed by atoms with Gasteiger partial charge in [0.25, 0.3) is 0 Å². The van der Waals surface area contributed by atoms with E-state index in [0.717, 1.165) is 30.2 Å². The molecular formula is C17H22ClN3. The molecule has 0 saturated heterocycles. The van der Waals surface area contributed by atoms with Crippen LogP contribution in [0, 0.1) is 5.92 Å². The average molecular weight is 304 g/mol. The van der Waals surface area contributed by atoms with Gasteiger partial charge in [-0.3, -0.25) is 0 Å². The molecule has 4 heteroatoms. The molecule has 0 aliphatic rings. The molecule has 0 aliphatic heterocycles. The minimum atomic E-state index is 0.636. The monoisotopic (exact) mass is 303 g/mol. The second-order valence-electron chi connectivity index (χ2n) is 5.57. The van der Waals surface area contributed by atoms with Crippen LogP contribution in [0.15, 0.2) is 42.6 Å². The lowest BCUT2D eigenvalue weighted by Crippen LogP contribution is -2.19. The third kappa shape index (κ3) is 4.45. The highest BCUT2D eigenvalue weighted by Gasteiger charge is 2.10. The van der Waals surface area contributed by atoms with Crippen molar-refractivity contribution in [3.8, 4) is 0 Å². The Morgan fingerprint density at radius 3 is 2.57 bits per heavy atom. The minimum absolute atomic E-state index is 0.636. The van der Waals surface area contributed by atoms with Crippen molar-refractivity contribution in [2.75, 3.05) is 18.5 Å². The Hall–Kier alpha value is -1.58. The molecule has 1 heterocycles. The molecule has 21 heavy (non-hydrogen) atoms. The number of hydrogen-bond acceptors (Lipinski definition) is 3. The summed E-state index contributed by atoms with van der Waals surface area (Å²) >= 11 is 6.38. The Labute approximate surface area is 132 Å². The van der Waals surface area contributed by atoms with E-state index in [9.17, 15) is 0 Å². The van der Waals surface area contributed by atoms with Crippen molar-refractivity contribution >= 4 is 23.1 Å². The van der Waals surface area contributed by atoms with Gasteiger partial charge in [0.15, 0.2) is 5.82 Å². The van der Waals surface area contributed by atoms with E-state index in [1.807, 2.05) is 54.5 Å². The van der Waals surface area contributed by atoms with Gasteiger partial charge in [-0.1, -0.05) is 43.6 Å². The van der Waals surface area contributed by atoms with E-state index in [-0.39, 0.29) is 0 Å². The van der Waals surface area contributed by atoms with Gasteiger partial charge in [-0.2, -0.15) is 0 Å². The Morgan fingerprint density at radius 1 is 1.24 bits per heavy atom. The first-order valence-corrected chi connectivity index (χ1v) is 7.59. The van der Waals surface area contributed by atoms with Gasteiger partial charge in [0.05, 0.1) is 5.02 Å². The summed E-state index contributed by atoms with van der Waals surface area (Å²) in [5.74, 6) is 1.41. The lowest BCUT2D eigenvalue weighted by molar-refractivity contribution is 0.552. The molecule has 0 amide bonds. The van der Waals surface area contributed by atoms with E-state index in [1.165, 1.54) is 0 Å². The maximum atomic E-state index is 6.38. The molecule has 0 bridgehead atoms. The molecule has 0 radical (unpaired) electrons. The Morgan fingerprint density at radius 2 is 1.95 bits per heavy atom. The van der Waals surface area contributed by atoms with Crippen molar-refractivity contribution in [2.45, 2.75) is 20.4 Å². The fraction of sp³-hybridized carbons (Fsp3) is 0.353. The van der Waals surface area contributed by atoms with Crippen LogP contribution in [0.1, 0.15) is 19.4 Å². The predicted molar refractivity (Wildman–Crippen MR) is 90.3 cm³/mol. The first kappa shape index (κ1) is 15.8. The summed E-state index contributed by atoms with van der Waals surface area (Å²) in [4.78, 5) is 6.50. The van der Waals surface area contributed by atoms with Gasteiger partial charge in [0.2, 0.25) is 0 Å². The number of pyridine rings is 1. The van der Waals surface area contributed by atoms with Crippen LogP contribution in [0.4, 0.5) is 11.5 Å². The maximum absolute atomic E-state index is 6.38. The summed E-state index contributed by atoms with van der Waals surface area (Å²) < 4.78 is 0. The van der Waals surface area contributed by atoms with Crippen LogP contribution in [0.25, 0.3) is 0 Å². The highest BCUT2D eigenvalue weighted by Crippen LogP contribution is 2.28. The second kappa shape index (κ2) is 7.43. The van der Waals surface area contributed by atoms with Crippen molar-refractivity contribution in [1.82, 2.24) is 10.3 Å². The summed E-state index contributed by atoms with van der Waals surface area (Å²) in [5, 5.41) is 4.07. The molecular weight excluding hydrogens is 282 g/mol. The second-order valence-corrected chi connectivity index (χ2v) is 5.98. The first-order chi connectivity index (χ1) is 10.1. The number of rotatable bonds is 6. The largest absolute Gasteiger partial charge is 0.328 e. The molecule has 1 aromatic carbocycles. The number of nitrogens with zero attached hydrogens (tertiary/aromatic N) is 2. The molecule has 2 rings (SSSR count). The van der Waals surface area contributed by atoms with Gasteiger partial charge < -0.3 is 10.2 Å². The lowest BCUT2D eigenvalue weighted by Gasteiger charge is -2.20. The van der Waals surface area contributed by atoms with Crippen molar-refractivity contribution in [3.05, 3.63) is 53.2 Å². The van der Waals surface area contributed by atoms with Crippen molar-refractivity contribution in [2.24, 2.45) is 5.92 Å². The zero-order valence-corrected chi connectivity index (χ0v) is 13.6. The summed E-state index contributed by atoms with van der Waals surface area (Å²) in [6.07, 6.45) is 1.88. The van der Waals surface area contributed by atoms with Gasteiger partial charge in [0, 0.05) is 25.5 Å². The first-order valence-electron chi connectivity index (χ1n) is 7.22. The standard InChI is InChI=1S/C17H22ClN3/c1-13(2)10-19-11-14-9-16(18)17(20-12-14)21(3)15-7-5-4-6-8-15/h4-9,12-13,19H,10-11H2,1-3H3. The van der Waals surface area contributed by atoms with Crippen molar-refractivity contribution < 1.29 is 0 Å². The molecule has 0 aliphatic carbocycles. The van der Waals surface area contributed by atoms with E-state index in [4.69, 9.17) is 11.6 Å². The van der Waals surface area contributed by atoms with Crippen LogP contribution in [0.2, 0.25) is 5.02 Å². The van der Waals surface area contributed by atoms with Crippen molar-refractivity contribution in [1.29, 1.82) is 0 Å². The van der Waals surface area contributed by atoms with E-state index in [2.05, 4.69) is 24.1 Å². The highest BCUT2D eigenvalue weighted by molar-refractivity contribution is 6.33. The third-order valence-electron chi connectivity index (χ3n) is 3.22. The van der Waals surface area contributed by atoms with Gasteiger partial charge >= 0.3 is 0 Å². The summed E-state index contributed by atoms with van der Waals surface area (Å²) in [5.41, 5.74) is 2.17. The molecule has 0 unspecified atom stereocenters. The minimum Gasteiger partial charge on any atom is -0.328 e. The number of anilines is 2. The SMILES string of the molecule is CC(C)CNCc1cnc(N(C)c2ccccc2)c(Cl)c1. The Balaban J connectivity index is 2.08.